The molecule has 1 heterocycles. The van der Waals surface area contributed by atoms with Crippen molar-refractivity contribution >= 4 is 33.0 Å². The molecule has 0 aliphatic rings. The molecule has 0 saturated heterocycles. The van der Waals surface area contributed by atoms with Crippen LogP contribution in [0.3, 0.4) is 0 Å². The number of methoxy groups -OCH3 is 1. The average molecular weight is 336 g/mol. The second-order valence-electron chi connectivity index (χ2n) is 3.83. The van der Waals surface area contributed by atoms with E-state index in [-0.39, 0.29) is 5.78 Å². The number of nitrogens with zero attached hydrogens (tertiary/aromatic N) is 1. The lowest BCUT2D eigenvalue weighted by Crippen LogP contribution is -2.09. The molecule has 0 fully saturated rings. The van der Waals surface area contributed by atoms with Gasteiger partial charge in [-0.25, -0.2) is 0 Å². The Morgan fingerprint density at radius 2 is 2.11 bits per heavy atom. The quantitative estimate of drug-likeness (QED) is 0.793. The summed E-state index contributed by atoms with van der Waals surface area (Å²) in [7, 11) is 1.55. The van der Waals surface area contributed by atoms with E-state index in [1.807, 2.05) is 12.1 Å². The molecule has 0 spiro atoms. The summed E-state index contributed by atoms with van der Waals surface area (Å²) >= 11 is 4.62. The lowest BCUT2D eigenvalue weighted by atomic mass is 9.95. The van der Waals surface area contributed by atoms with E-state index >= 15 is 0 Å². The number of nitriles is 1. The number of ether oxygens (including phenoxy) is 1. The van der Waals surface area contributed by atoms with E-state index in [1.54, 1.807) is 30.7 Å². The molecule has 3 nitrogen and oxygen atoms in total. The first-order chi connectivity index (χ1) is 9.15. The van der Waals surface area contributed by atoms with Crippen LogP contribution in [-0.4, -0.2) is 12.9 Å². The molecule has 2 aromatic rings. The average Bonchev–Trinajstić information content (AvgIpc) is 2.90. The smallest absolute Gasteiger partial charge is 0.194 e. The number of hydrogen-bond acceptors (Lipinski definition) is 4. The van der Waals surface area contributed by atoms with Crippen molar-refractivity contribution in [3.8, 4) is 11.8 Å². The minimum Gasteiger partial charge on any atom is -0.496 e. The molecule has 5 heteroatoms. The molecular formula is C14H10BrNO2S. The third-order valence-corrected chi connectivity index (χ3v) is 4.10. The number of thiophene rings is 1. The molecule has 1 unspecified atom stereocenters. The Morgan fingerprint density at radius 1 is 1.42 bits per heavy atom. The van der Waals surface area contributed by atoms with Gasteiger partial charge >= 0.3 is 0 Å². The van der Waals surface area contributed by atoms with E-state index in [2.05, 4.69) is 22.0 Å². The van der Waals surface area contributed by atoms with Crippen molar-refractivity contribution in [1.29, 1.82) is 5.26 Å². The van der Waals surface area contributed by atoms with Gasteiger partial charge in [-0.2, -0.15) is 5.26 Å². The Balaban J connectivity index is 2.29. The van der Waals surface area contributed by atoms with Crippen LogP contribution in [0.5, 0.6) is 5.75 Å². The number of ketones is 1. The Labute approximate surface area is 123 Å². The molecule has 0 amide bonds. The summed E-state index contributed by atoms with van der Waals surface area (Å²) in [5, 5.41) is 11.0. The first-order valence-electron chi connectivity index (χ1n) is 5.47. The van der Waals surface area contributed by atoms with E-state index < -0.39 is 5.92 Å². The zero-order valence-corrected chi connectivity index (χ0v) is 12.5. The highest BCUT2D eigenvalue weighted by atomic mass is 79.9. The summed E-state index contributed by atoms with van der Waals surface area (Å²) in [6, 6.07) is 10.9. The maximum atomic E-state index is 12.3. The first-order valence-corrected chi connectivity index (χ1v) is 7.14. The summed E-state index contributed by atoms with van der Waals surface area (Å²) in [4.78, 5) is 12.8. The SMILES string of the molecule is COc1csc(C(=O)C(C#N)c2ccc(Br)cc2)c1. The Bertz CT molecular complexity index is 628. The zero-order valence-electron chi connectivity index (χ0n) is 10.1. The van der Waals surface area contributed by atoms with Crippen molar-refractivity contribution in [2.75, 3.05) is 7.11 Å². The first kappa shape index (κ1) is 13.8. The maximum Gasteiger partial charge on any atom is 0.194 e. The minimum absolute atomic E-state index is 0.196. The lowest BCUT2D eigenvalue weighted by molar-refractivity contribution is 0.0982. The molecule has 0 aliphatic carbocycles. The van der Waals surface area contributed by atoms with Gasteiger partial charge in [-0.05, 0) is 17.7 Å². The topological polar surface area (TPSA) is 50.1 Å². The van der Waals surface area contributed by atoms with Crippen molar-refractivity contribution in [1.82, 2.24) is 0 Å². The molecule has 1 aromatic carbocycles. The highest BCUT2D eigenvalue weighted by Gasteiger charge is 2.23. The van der Waals surface area contributed by atoms with Crippen molar-refractivity contribution < 1.29 is 9.53 Å². The molecule has 1 atom stereocenters. The van der Waals surface area contributed by atoms with Crippen molar-refractivity contribution in [2.45, 2.75) is 5.92 Å². The van der Waals surface area contributed by atoms with Crippen molar-refractivity contribution in [2.24, 2.45) is 0 Å². The van der Waals surface area contributed by atoms with Gasteiger partial charge in [0.05, 0.1) is 18.1 Å². The van der Waals surface area contributed by atoms with Gasteiger partial charge in [-0.15, -0.1) is 11.3 Å². The fourth-order valence-electron chi connectivity index (χ4n) is 1.64. The van der Waals surface area contributed by atoms with Crippen LogP contribution in [0.4, 0.5) is 0 Å². The largest absolute Gasteiger partial charge is 0.496 e. The lowest BCUT2D eigenvalue weighted by Gasteiger charge is -2.07. The number of halogens is 1. The van der Waals surface area contributed by atoms with Crippen LogP contribution in [-0.2, 0) is 0 Å². The minimum atomic E-state index is -0.781. The predicted molar refractivity (Wildman–Crippen MR) is 77.7 cm³/mol. The number of benzene rings is 1. The van der Waals surface area contributed by atoms with Crippen LogP contribution in [0.25, 0.3) is 0 Å². The predicted octanol–water partition coefficient (Wildman–Crippen LogP) is 4.01. The molecule has 1 aromatic heterocycles. The van der Waals surface area contributed by atoms with E-state index in [1.165, 1.54) is 11.3 Å². The summed E-state index contributed by atoms with van der Waals surface area (Å²) in [6.07, 6.45) is 0. The molecule has 0 radical (unpaired) electrons. The van der Waals surface area contributed by atoms with Gasteiger partial charge in [0.1, 0.15) is 11.7 Å². The Kier molecular flexibility index (Phi) is 4.35. The molecule has 0 N–H and O–H groups in total. The number of Topliss-reactive ketones (excluding diaryl/α,β-unsaturated/α-hetero) is 1. The second-order valence-corrected chi connectivity index (χ2v) is 5.66. The number of carbonyl (C=O) groups is 1. The van der Waals surface area contributed by atoms with Crippen LogP contribution >= 0.6 is 27.3 Å². The molecule has 96 valence electrons. The number of hydrogen-bond donors (Lipinski definition) is 0. The third-order valence-electron chi connectivity index (χ3n) is 2.65. The van der Waals surface area contributed by atoms with E-state index in [4.69, 9.17) is 4.74 Å². The number of rotatable bonds is 4. The highest BCUT2D eigenvalue weighted by molar-refractivity contribution is 9.10. The highest BCUT2D eigenvalue weighted by Crippen LogP contribution is 2.28. The number of carbonyl (C=O) groups excluding carboxylic acids is 1. The van der Waals surface area contributed by atoms with Gasteiger partial charge in [0.25, 0.3) is 0 Å². The van der Waals surface area contributed by atoms with Crippen molar-refractivity contribution in [3.05, 3.63) is 50.6 Å². The maximum absolute atomic E-state index is 12.3. The van der Waals surface area contributed by atoms with E-state index in [0.29, 0.717) is 16.2 Å². The van der Waals surface area contributed by atoms with Crippen molar-refractivity contribution in [3.63, 3.8) is 0 Å². The molecule has 19 heavy (non-hydrogen) atoms. The third kappa shape index (κ3) is 3.03. The van der Waals surface area contributed by atoms with Crippen LogP contribution in [0.2, 0.25) is 0 Å². The molecule has 0 aliphatic heterocycles. The van der Waals surface area contributed by atoms with Crippen LogP contribution in [0, 0.1) is 11.3 Å². The summed E-state index contributed by atoms with van der Waals surface area (Å²) < 4.78 is 5.96. The van der Waals surface area contributed by atoms with Gasteiger partial charge in [-0.3, -0.25) is 4.79 Å². The monoisotopic (exact) mass is 335 g/mol. The van der Waals surface area contributed by atoms with E-state index in [9.17, 15) is 10.1 Å². The zero-order chi connectivity index (χ0) is 13.8. The normalized spacial score (nSPS) is 11.6. The Morgan fingerprint density at radius 3 is 2.63 bits per heavy atom. The summed E-state index contributed by atoms with van der Waals surface area (Å²) in [5.74, 6) is -0.338. The molecule has 2 rings (SSSR count). The van der Waals surface area contributed by atoms with Crippen LogP contribution in [0.15, 0.2) is 40.2 Å². The van der Waals surface area contributed by atoms with Crippen LogP contribution < -0.4 is 4.74 Å². The van der Waals surface area contributed by atoms with Gasteiger partial charge in [0, 0.05) is 15.9 Å². The summed E-state index contributed by atoms with van der Waals surface area (Å²) in [5.41, 5.74) is 0.697. The van der Waals surface area contributed by atoms with Gasteiger partial charge in [0.15, 0.2) is 5.78 Å². The van der Waals surface area contributed by atoms with E-state index in [0.717, 1.165) is 4.47 Å². The molecular weight excluding hydrogens is 326 g/mol. The second kappa shape index (κ2) is 6.00. The van der Waals surface area contributed by atoms with Gasteiger partial charge in [0.2, 0.25) is 0 Å². The Hall–Kier alpha value is -1.64. The fraction of sp³-hybridized carbons (Fsp3) is 0.143. The van der Waals surface area contributed by atoms with Crippen LogP contribution in [0.1, 0.15) is 21.2 Å². The van der Waals surface area contributed by atoms with Gasteiger partial charge in [-0.1, -0.05) is 28.1 Å². The van der Waals surface area contributed by atoms with Gasteiger partial charge < -0.3 is 4.74 Å². The molecule has 0 bridgehead atoms. The summed E-state index contributed by atoms with van der Waals surface area (Å²) in [6.45, 7) is 0. The fourth-order valence-corrected chi connectivity index (χ4v) is 2.73. The standard InChI is InChI=1S/C14H10BrNO2S/c1-18-11-6-13(19-8-11)14(17)12(7-16)9-2-4-10(15)5-3-9/h2-6,8,12H,1H3. The molecule has 0 saturated carbocycles.